The molecule has 2 aromatic rings. The molecule has 1 heterocycles. The summed E-state index contributed by atoms with van der Waals surface area (Å²) in [5.74, 6) is -1.41. The fraction of sp³-hybridized carbons (Fsp3) is 0.333. The van der Waals surface area contributed by atoms with E-state index in [0.29, 0.717) is 29.3 Å². The molecule has 2 rings (SSSR count). The second kappa shape index (κ2) is 11.5. The third-order valence-electron chi connectivity index (χ3n) is 3.92. The van der Waals surface area contributed by atoms with E-state index >= 15 is 0 Å². The Kier molecular flexibility index (Phi) is 9.08. The summed E-state index contributed by atoms with van der Waals surface area (Å²) in [5.41, 5.74) is 1.77. The molecule has 1 unspecified atom stereocenters. The van der Waals surface area contributed by atoms with E-state index in [1.165, 1.54) is 12.1 Å². The molecular weight excluding hydrogens is 431 g/mol. The van der Waals surface area contributed by atoms with E-state index in [1.54, 1.807) is 31.2 Å². The number of rotatable bonds is 9. The lowest BCUT2D eigenvalue weighted by Crippen LogP contribution is -2.37. The van der Waals surface area contributed by atoms with Crippen LogP contribution < -0.4 is 5.32 Å². The van der Waals surface area contributed by atoms with Gasteiger partial charge in [-0.05, 0) is 50.1 Å². The quantitative estimate of drug-likeness (QED) is 0.462. The van der Waals surface area contributed by atoms with Crippen LogP contribution in [0.1, 0.15) is 35.5 Å². The maximum atomic E-state index is 12.0. The highest BCUT2D eigenvalue weighted by atomic mass is 35.5. The molecule has 0 bridgehead atoms. The van der Waals surface area contributed by atoms with E-state index < -0.39 is 18.5 Å². The lowest BCUT2D eigenvalue weighted by atomic mass is 10.1. The number of carbonyl (C=O) groups is 3. The van der Waals surface area contributed by atoms with E-state index in [0.717, 1.165) is 5.56 Å². The van der Waals surface area contributed by atoms with Crippen LogP contribution in [0.3, 0.4) is 0 Å². The van der Waals surface area contributed by atoms with Gasteiger partial charge in [-0.15, -0.1) is 0 Å². The van der Waals surface area contributed by atoms with E-state index in [4.69, 9.17) is 32.7 Å². The highest BCUT2D eigenvalue weighted by molar-refractivity contribution is 6.33. The van der Waals surface area contributed by atoms with E-state index in [9.17, 15) is 14.4 Å². The summed E-state index contributed by atoms with van der Waals surface area (Å²) >= 11 is 11.6. The molecule has 0 saturated heterocycles. The molecule has 0 radical (unpaired) electrons. The van der Waals surface area contributed by atoms with Crippen molar-refractivity contribution in [2.45, 2.75) is 32.7 Å². The second-order valence-electron chi connectivity index (χ2n) is 6.53. The van der Waals surface area contributed by atoms with E-state index in [-0.39, 0.29) is 23.6 Å². The first-order chi connectivity index (χ1) is 14.3. The molecule has 0 fully saturated rings. The third-order valence-corrected chi connectivity index (χ3v) is 4.33. The van der Waals surface area contributed by atoms with Gasteiger partial charge in [0.2, 0.25) is 0 Å². The van der Waals surface area contributed by atoms with Gasteiger partial charge in [-0.1, -0.05) is 35.3 Å². The smallest absolute Gasteiger partial charge is 0.338 e. The SMILES string of the molecule is CCOC(=O)c1ccc(CC(C)NC(=O)COC(=O)Cc2cc(Cl)cc(Cl)n2)cc1. The van der Waals surface area contributed by atoms with Gasteiger partial charge < -0.3 is 14.8 Å². The van der Waals surface area contributed by atoms with Gasteiger partial charge in [0.1, 0.15) is 5.15 Å². The molecule has 160 valence electrons. The minimum absolute atomic E-state index is 0.143. The van der Waals surface area contributed by atoms with E-state index in [1.807, 2.05) is 6.92 Å². The maximum Gasteiger partial charge on any atom is 0.338 e. The number of esters is 2. The highest BCUT2D eigenvalue weighted by Gasteiger charge is 2.13. The van der Waals surface area contributed by atoms with Crippen molar-refractivity contribution < 1.29 is 23.9 Å². The lowest BCUT2D eigenvalue weighted by molar-refractivity contribution is -0.148. The monoisotopic (exact) mass is 452 g/mol. The average molecular weight is 453 g/mol. The average Bonchev–Trinajstić information content (AvgIpc) is 2.66. The van der Waals surface area contributed by atoms with Crippen LogP contribution in [0, 0.1) is 0 Å². The van der Waals surface area contributed by atoms with Gasteiger partial charge in [-0.2, -0.15) is 0 Å². The van der Waals surface area contributed by atoms with Gasteiger partial charge in [-0.3, -0.25) is 9.59 Å². The van der Waals surface area contributed by atoms with E-state index in [2.05, 4.69) is 10.3 Å². The van der Waals surface area contributed by atoms with Crippen LogP contribution in [0.25, 0.3) is 0 Å². The Morgan fingerprint density at radius 3 is 2.43 bits per heavy atom. The van der Waals surface area contributed by atoms with Crippen LogP contribution in [-0.4, -0.2) is 42.1 Å². The maximum absolute atomic E-state index is 12.0. The number of aromatic nitrogens is 1. The van der Waals surface area contributed by atoms with Gasteiger partial charge in [0.25, 0.3) is 5.91 Å². The summed E-state index contributed by atoms with van der Waals surface area (Å²) in [6.07, 6.45) is 0.406. The number of benzene rings is 1. The van der Waals surface area contributed by atoms with Crippen LogP contribution in [0.2, 0.25) is 10.2 Å². The molecule has 1 amide bonds. The first-order valence-electron chi connectivity index (χ1n) is 9.29. The number of ether oxygens (including phenoxy) is 2. The van der Waals surface area contributed by atoms with Crippen molar-refractivity contribution in [1.29, 1.82) is 0 Å². The lowest BCUT2D eigenvalue weighted by Gasteiger charge is -2.14. The molecular formula is C21H22Cl2N2O5. The van der Waals surface area contributed by atoms with Gasteiger partial charge in [0.15, 0.2) is 6.61 Å². The molecule has 7 nitrogen and oxygen atoms in total. The topological polar surface area (TPSA) is 94.6 Å². The molecule has 1 N–H and O–H groups in total. The van der Waals surface area contributed by atoms with Crippen molar-refractivity contribution in [3.8, 4) is 0 Å². The van der Waals surface area contributed by atoms with Gasteiger partial charge in [0.05, 0.1) is 24.3 Å². The summed E-state index contributed by atoms with van der Waals surface area (Å²) in [5, 5.41) is 3.29. The minimum atomic E-state index is -0.613. The Morgan fingerprint density at radius 2 is 1.80 bits per heavy atom. The Bertz CT molecular complexity index is 883. The zero-order chi connectivity index (χ0) is 22.1. The number of carbonyl (C=O) groups excluding carboxylic acids is 3. The first-order valence-corrected chi connectivity index (χ1v) is 10.1. The Balaban J connectivity index is 1.76. The zero-order valence-corrected chi connectivity index (χ0v) is 18.1. The largest absolute Gasteiger partial charge is 0.462 e. The normalized spacial score (nSPS) is 11.5. The van der Waals surface area contributed by atoms with Crippen LogP contribution in [0.15, 0.2) is 36.4 Å². The highest BCUT2D eigenvalue weighted by Crippen LogP contribution is 2.16. The predicted octanol–water partition coefficient (Wildman–Crippen LogP) is 3.40. The number of pyridine rings is 1. The fourth-order valence-corrected chi connectivity index (χ4v) is 3.18. The number of nitrogens with zero attached hydrogens (tertiary/aromatic N) is 1. The number of hydrogen-bond donors (Lipinski definition) is 1. The van der Waals surface area contributed by atoms with Gasteiger partial charge in [-0.25, -0.2) is 9.78 Å². The molecule has 1 aromatic carbocycles. The van der Waals surface area contributed by atoms with Crippen LogP contribution in [0.5, 0.6) is 0 Å². The molecule has 0 aliphatic carbocycles. The molecule has 1 atom stereocenters. The number of nitrogens with one attached hydrogen (secondary N) is 1. The standard InChI is InChI=1S/C21H22Cl2N2O5/c1-3-29-21(28)15-6-4-14(5-7-15)8-13(2)24-19(26)12-30-20(27)11-17-9-16(22)10-18(23)25-17/h4-7,9-10,13H,3,8,11-12H2,1-2H3,(H,24,26). The summed E-state index contributed by atoms with van der Waals surface area (Å²) in [6, 6.07) is 9.73. The Morgan fingerprint density at radius 1 is 1.10 bits per heavy atom. The van der Waals surface area contributed by atoms with Crippen molar-refractivity contribution in [3.63, 3.8) is 0 Å². The summed E-state index contributed by atoms with van der Waals surface area (Å²) in [7, 11) is 0. The summed E-state index contributed by atoms with van der Waals surface area (Å²) < 4.78 is 9.92. The molecule has 9 heteroatoms. The molecule has 0 aliphatic heterocycles. The van der Waals surface area contributed by atoms with Gasteiger partial charge in [0, 0.05) is 11.1 Å². The third kappa shape index (κ3) is 8.00. The van der Waals surface area contributed by atoms with Crippen molar-refractivity contribution >= 4 is 41.0 Å². The molecule has 1 aromatic heterocycles. The van der Waals surface area contributed by atoms with Crippen LogP contribution >= 0.6 is 23.2 Å². The summed E-state index contributed by atoms with van der Waals surface area (Å²) in [4.78, 5) is 39.5. The summed E-state index contributed by atoms with van der Waals surface area (Å²) in [6.45, 7) is 3.49. The van der Waals surface area contributed by atoms with Crippen LogP contribution in [0.4, 0.5) is 0 Å². The number of amides is 1. The van der Waals surface area contributed by atoms with Crippen molar-refractivity contribution in [2.75, 3.05) is 13.2 Å². The van der Waals surface area contributed by atoms with Gasteiger partial charge >= 0.3 is 11.9 Å². The first kappa shape index (κ1) is 23.6. The van der Waals surface area contributed by atoms with Crippen molar-refractivity contribution in [1.82, 2.24) is 10.3 Å². The Hall–Kier alpha value is -2.64. The Labute approximate surface area is 184 Å². The molecule has 30 heavy (non-hydrogen) atoms. The molecule has 0 aliphatic rings. The minimum Gasteiger partial charge on any atom is -0.462 e. The number of hydrogen-bond acceptors (Lipinski definition) is 6. The zero-order valence-electron chi connectivity index (χ0n) is 16.6. The fourth-order valence-electron chi connectivity index (χ4n) is 2.66. The number of halogens is 2. The second-order valence-corrected chi connectivity index (χ2v) is 7.35. The van der Waals surface area contributed by atoms with Crippen LogP contribution in [-0.2, 0) is 31.9 Å². The predicted molar refractivity (Wildman–Crippen MR) is 113 cm³/mol. The molecule has 0 spiro atoms. The van der Waals surface area contributed by atoms with Crippen molar-refractivity contribution in [2.24, 2.45) is 0 Å². The van der Waals surface area contributed by atoms with Crippen molar-refractivity contribution in [3.05, 3.63) is 63.4 Å². The molecule has 0 saturated carbocycles.